The van der Waals surface area contributed by atoms with Crippen LogP contribution in [0.2, 0.25) is 0 Å². The van der Waals surface area contributed by atoms with Crippen LogP contribution in [0, 0.1) is 0 Å². The van der Waals surface area contributed by atoms with Crippen LogP contribution in [0.15, 0.2) is 56.2 Å². The Labute approximate surface area is 265 Å². The Bertz CT molecular complexity index is 1370. The molecule has 3 aromatic rings. The lowest BCUT2D eigenvalue weighted by molar-refractivity contribution is 0.298. The van der Waals surface area contributed by atoms with Gasteiger partial charge in [0, 0.05) is 36.0 Å². The second-order valence-corrected chi connectivity index (χ2v) is 10.1. The molecule has 0 spiro atoms. The maximum atomic E-state index is 6.10. The molecule has 0 radical (unpaired) electrons. The molecule has 0 fully saturated rings. The average molecular weight is 619 g/mol. The molecule has 0 saturated heterocycles. The standard InChI is InChI=1S/C36H42O9/c1-10-13-43-34-28(37-4)19-22-17-26-24(21-30(39-6)36(32(26)41-8)45-15-12-3)18-27-23(16-25(22)31(34)40-7)20-29(38-5)35(33(27)42-9)44-14-11-2/h10-12,19-21H,1-3,13-18H2,4-9H3. The van der Waals surface area contributed by atoms with Crippen LogP contribution in [0.25, 0.3) is 0 Å². The molecule has 1 aliphatic carbocycles. The Hall–Kier alpha value is -4.92. The van der Waals surface area contributed by atoms with E-state index >= 15 is 0 Å². The minimum Gasteiger partial charge on any atom is -0.493 e. The van der Waals surface area contributed by atoms with Crippen molar-refractivity contribution in [2.24, 2.45) is 0 Å². The van der Waals surface area contributed by atoms with Gasteiger partial charge in [-0.05, 0) is 34.9 Å². The van der Waals surface area contributed by atoms with E-state index in [9.17, 15) is 0 Å². The first-order chi connectivity index (χ1) is 21.9. The van der Waals surface area contributed by atoms with Crippen LogP contribution in [0.5, 0.6) is 51.7 Å². The molecule has 0 atom stereocenters. The van der Waals surface area contributed by atoms with Gasteiger partial charge in [0.15, 0.2) is 34.5 Å². The fourth-order valence-corrected chi connectivity index (χ4v) is 5.68. The fourth-order valence-electron chi connectivity index (χ4n) is 5.68. The number of fused-ring (bicyclic) bond motifs is 3. The van der Waals surface area contributed by atoms with Crippen LogP contribution in [-0.4, -0.2) is 62.5 Å². The summed E-state index contributed by atoms with van der Waals surface area (Å²) in [6.07, 6.45) is 6.42. The molecule has 9 heteroatoms. The number of rotatable bonds is 15. The van der Waals surface area contributed by atoms with Gasteiger partial charge in [0.25, 0.3) is 0 Å². The molecule has 0 aliphatic heterocycles. The first-order valence-electron chi connectivity index (χ1n) is 14.5. The normalized spacial score (nSPS) is 11.6. The molecule has 0 saturated carbocycles. The largest absolute Gasteiger partial charge is 0.493 e. The van der Waals surface area contributed by atoms with Crippen molar-refractivity contribution in [2.45, 2.75) is 19.3 Å². The number of methoxy groups -OCH3 is 6. The molecule has 0 heterocycles. The molecular weight excluding hydrogens is 576 g/mol. The molecule has 1 aliphatic rings. The molecule has 0 unspecified atom stereocenters. The van der Waals surface area contributed by atoms with Crippen LogP contribution in [0.4, 0.5) is 0 Å². The van der Waals surface area contributed by atoms with E-state index in [2.05, 4.69) is 19.7 Å². The van der Waals surface area contributed by atoms with Crippen molar-refractivity contribution in [1.82, 2.24) is 0 Å². The third-order valence-electron chi connectivity index (χ3n) is 7.60. The van der Waals surface area contributed by atoms with Crippen LogP contribution < -0.4 is 42.6 Å². The zero-order valence-corrected chi connectivity index (χ0v) is 27.0. The van der Waals surface area contributed by atoms with E-state index in [4.69, 9.17) is 42.6 Å². The van der Waals surface area contributed by atoms with Crippen molar-refractivity contribution in [2.75, 3.05) is 62.5 Å². The zero-order chi connectivity index (χ0) is 32.5. The van der Waals surface area contributed by atoms with Crippen molar-refractivity contribution >= 4 is 0 Å². The smallest absolute Gasteiger partial charge is 0.204 e. The molecule has 0 N–H and O–H groups in total. The molecule has 0 amide bonds. The highest BCUT2D eigenvalue weighted by atomic mass is 16.5. The van der Waals surface area contributed by atoms with Gasteiger partial charge in [-0.3, -0.25) is 0 Å². The van der Waals surface area contributed by atoms with Gasteiger partial charge in [-0.25, -0.2) is 0 Å². The van der Waals surface area contributed by atoms with Gasteiger partial charge in [0.2, 0.25) is 17.2 Å². The molecule has 0 aromatic heterocycles. The Morgan fingerprint density at radius 2 is 0.711 bits per heavy atom. The number of benzene rings is 3. The summed E-state index contributed by atoms with van der Waals surface area (Å²) in [7, 11) is 9.68. The highest BCUT2D eigenvalue weighted by Crippen LogP contribution is 2.51. The van der Waals surface area contributed by atoms with Gasteiger partial charge in [-0.15, -0.1) is 0 Å². The Kier molecular flexibility index (Phi) is 11.1. The molecular formula is C36H42O9. The molecule has 4 rings (SSSR count). The summed E-state index contributed by atoms with van der Waals surface area (Å²) in [5.41, 5.74) is 5.57. The van der Waals surface area contributed by atoms with E-state index in [1.54, 1.807) is 60.9 Å². The average Bonchev–Trinajstić information content (AvgIpc) is 3.12. The van der Waals surface area contributed by atoms with Gasteiger partial charge in [0.05, 0.1) is 42.7 Å². The molecule has 3 aromatic carbocycles. The van der Waals surface area contributed by atoms with Crippen molar-refractivity contribution in [1.29, 1.82) is 0 Å². The number of ether oxygens (including phenoxy) is 9. The SMILES string of the molecule is C=CCOc1c(OC)cc2c(c1OC)Cc1cc(OC)c(OCC=C)c(OC)c1Cc1cc(OC)c(OCC=C)c(OC)c1C2. The molecule has 9 nitrogen and oxygen atoms in total. The van der Waals surface area contributed by atoms with E-state index in [1.165, 1.54) is 0 Å². The van der Waals surface area contributed by atoms with Crippen LogP contribution in [0.1, 0.15) is 33.4 Å². The second-order valence-electron chi connectivity index (χ2n) is 10.1. The summed E-state index contributed by atoms with van der Waals surface area (Å²) in [5.74, 6) is 4.74. The lowest BCUT2D eigenvalue weighted by Crippen LogP contribution is -2.08. The minimum atomic E-state index is 0.272. The van der Waals surface area contributed by atoms with E-state index < -0.39 is 0 Å². The van der Waals surface area contributed by atoms with Crippen LogP contribution in [0.3, 0.4) is 0 Å². The summed E-state index contributed by atoms with van der Waals surface area (Å²) in [4.78, 5) is 0. The lowest BCUT2D eigenvalue weighted by atomic mass is 9.92. The summed E-state index contributed by atoms with van der Waals surface area (Å²) in [6.45, 7) is 12.2. The van der Waals surface area contributed by atoms with Crippen molar-refractivity contribution in [3.8, 4) is 51.7 Å². The summed E-state index contributed by atoms with van der Waals surface area (Å²) < 4.78 is 53.9. The maximum absolute atomic E-state index is 6.10. The van der Waals surface area contributed by atoms with Crippen molar-refractivity contribution in [3.63, 3.8) is 0 Å². The van der Waals surface area contributed by atoms with Gasteiger partial charge in [-0.1, -0.05) is 38.0 Å². The zero-order valence-electron chi connectivity index (χ0n) is 27.0. The van der Waals surface area contributed by atoms with E-state index in [-0.39, 0.29) is 19.8 Å². The first-order valence-corrected chi connectivity index (χ1v) is 14.5. The Morgan fingerprint density at radius 3 is 0.911 bits per heavy atom. The third kappa shape index (κ3) is 6.48. The highest BCUT2D eigenvalue weighted by Gasteiger charge is 2.31. The second kappa shape index (κ2) is 15.2. The summed E-state index contributed by atoms with van der Waals surface area (Å²) in [5, 5.41) is 0. The molecule has 0 bridgehead atoms. The fraction of sp³-hybridized carbons (Fsp3) is 0.333. The van der Waals surface area contributed by atoms with E-state index in [0.717, 1.165) is 33.4 Å². The Morgan fingerprint density at radius 1 is 0.444 bits per heavy atom. The third-order valence-corrected chi connectivity index (χ3v) is 7.60. The molecule has 45 heavy (non-hydrogen) atoms. The maximum Gasteiger partial charge on any atom is 0.204 e. The highest BCUT2D eigenvalue weighted by molar-refractivity contribution is 5.68. The number of hydrogen-bond acceptors (Lipinski definition) is 9. The first kappa shape index (κ1) is 33.0. The lowest BCUT2D eigenvalue weighted by Gasteiger charge is -2.22. The Balaban J connectivity index is 2.16. The van der Waals surface area contributed by atoms with Gasteiger partial charge < -0.3 is 42.6 Å². The monoisotopic (exact) mass is 618 g/mol. The summed E-state index contributed by atoms with van der Waals surface area (Å²) in [6, 6.07) is 5.94. The van der Waals surface area contributed by atoms with Gasteiger partial charge in [-0.2, -0.15) is 0 Å². The minimum absolute atomic E-state index is 0.272. The number of hydrogen-bond donors (Lipinski definition) is 0. The topological polar surface area (TPSA) is 83.1 Å². The van der Waals surface area contributed by atoms with E-state index in [1.807, 2.05) is 18.2 Å². The van der Waals surface area contributed by atoms with Crippen molar-refractivity contribution < 1.29 is 42.6 Å². The van der Waals surface area contributed by atoms with Gasteiger partial charge >= 0.3 is 0 Å². The van der Waals surface area contributed by atoms with Crippen LogP contribution in [-0.2, 0) is 19.3 Å². The summed E-state index contributed by atoms with van der Waals surface area (Å²) >= 11 is 0. The van der Waals surface area contributed by atoms with Gasteiger partial charge in [0.1, 0.15) is 19.8 Å². The van der Waals surface area contributed by atoms with Crippen molar-refractivity contribution in [3.05, 3.63) is 89.5 Å². The quantitative estimate of drug-likeness (QED) is 0.138. The molecule has 240 valence electrons. The predicted molar refractivity (Wildman–Crippen MR) is 174 cm³/mol. The van der Waals surface area contributed by atoms with Crippen LogP contribution >= 0.6 is 0 Å². The van der Waals surface area contributed by atoms with E-state index in [0.29, 0.717) is 71.0 Å². The predicted octanol–water partition coefficient (Wildman–Crippen LogP) is 6.52.